The molecule has 0 bridgehead atoms. The number of hydrogen-bond acceptors (Lipinski definition) is 6. The third-order valence-electron chi connectivity index (χ3n) is 7.82. The summed E-state index contributed by atoms with van der Waals surface area (Å²) in [6.07, 6.45) is 0.374. The minimum absolute atomic E-state index is 0.0389. The first-order valence-electron chi connectivity index (χ1n) is 15.7. The maximum absolute atomic E-state index is 13.9. The number of hydrogen-bond donors (Lipinski definition) is 4. The molecule has 242 valence electrons. The monoisotopic (exact) mass is 626 g/mol. The number of carbonyl (C=O) groups is 5. The molecule has 1 saturated heterocycles. The first-order valence-corrected chi connectivity index (χ1v) is 15.7. The summed E-state index contributed by atoms with van der Waals surface area (Å²) in [5, 5.41) is 11.1. The maximum Gasteiger partial charge on any atom is 0.408 e. The summed E-state index contributed by atoms with van der Waals surface area (Å²) in [6, 6.07) is 23.9. The van der Waals surface area contributed by atoms with Crippen molar-refractivity contribution in [2.75, 3.05) is 6.54 Å². The smallest absolute Gasteiger partial charge is 0.408 e. The van der Waals surface area contributed by atoms with Crippen molar-refractivity contribution in [3.05, 3.63) is 108 Å². The molecule has 1 aliphatic heterocycles. The van der Waals surface area contributed by atoms with Gasteiger partial charge in [-0.05, 0) is 36.3 Å². The van der Waals surface area contributed by atoms with Crippen LogP contribution >= 0.6 is 0 Å². The van der Waals surface area contributed by atoms with Gasteiger partial charge in [0.15, 0.2) is 5.78 Å². The van der Waals surface area contributed by atoms with Gasteiger partial charge in [-0.2, -0.15) is 0 Å². The van der Waals surface area contributed by atoms with Crippen molar-refractivity contribution in [1.29, 1.82) is 0 Å². The van der Waals surface area contributed by atoms with E-state index in [0.717, 1.165) is 11.1 Å². The summed E-state index contributed by atoms with van der Waals surface area (Å²) in [5.41, 5.74) is 2.00. The molecule has 4 amide bonds. The van der Waals surface area contributed by atoms with Crippen molar-refractivity contribution >= 4 is 29.6 Å². The first kappa shape index (κ1) is 33.9. The zero-order valence-corrected chi connectivity index (χ0v) is 26.2. The number of Topliss-reactive ketones (excluding diaryl/α,β-unsaturated/α-hetero) is 1. The molecular weight excluding hydrogens is 584 g/mol. The van der Waals surface area contributed by atoms with Crippen LogP contribution in [0.2, 0.25) is 0 Å². The van der Waals surface area contributed by atoms with Crippen molar-refractivity contribution in [2.24, 2.45) is 11.8 Å². The van der Waals surface area contributed by atoms with Crippen LogP contribution in [0.3, 0.4) is 0 Å². The quantitative estimate of drug-likeness (QED) is 0.188. The highest BCUT2D eigenvalue weighted by atomic mass is 16.5. The van der Waals surface area contributed by atoms with E-state index >= 15 is 0 Å². The van der Waals surface area contributed by atoms with Crippen LogP contribution in [-0.4, -0.2) is 54.3 Å². The number of benzene rings is 3. The second-order valence-corrected chi connectivity index (χ2v) is 11.9. The van der Waals surface area contributed by atoms with Crippen molar-refractivity contribution in [2.45, 2.75) is 64.3 Å². The molecule has 0 aliphatic carbocycles. The zero-order valence-electron chi connectivity index (χ0n) is 26.2. The summed E-state index contributed by atoms with van der Waals surface area (Å²) in [7, 11) is 0. The fraction of sp³-hybridized carbons (Fsp3) is 0.361. The highest BCUT2D eigenvalue weighted by molar-refractivity contribution is 6.03. The average Bonchev–Trinajstić information content (AvgIpc) is 3.47. The SMILES string of the molecule is CC(C)C[C@H](NC(=O)OCc1ccccc1)C(=O)N[C@@H](Cc1ccccc1)C(=O)N[C@@H](C[C@@H]1CCNC1=O)C(=O)c1ccccc1. The van der Waals surface area contributed by atoms with Gasteiger partial charge < -0.3 is 26.0 Å². The molecule has 46 heavy (non-hydrogen) atoms. The van der Waals surface area contributed by atoms with Gasteiger partial charge in [-0.25, -0.2) is 4.79 Å². The van der Waals surface area contributed by atoms with E-state index in [-0.39, 0.29) is 37.1 Å². The molecule has 1 heterocycles. The molecule has 10 heteroatoms. The molecule has 0 radical (unpaired) electrons. The number of nitrogens with one attached hydrogen (secondary N) is 4. The van der Waals surface area contributed by atoms with Gasteiger partial charge >= 0.3 is 6.09 Å². The summed E-state index contributed by atoms with van der Waals surface area (Å²) < 4.78 is 5.35. The van der Waals surface area contributed by atoms with Gasteiger partial charge in [0.05, 0.1) is 6.04 Å². The Morgan fingerprint density at radius 3 is 1.91 bits per heavy atom. The zero-order chi connectivity index (χ0) is 32.9. The van der Waals surface area contributed by atoms with E-state index in [9.17, 15) is 24.0 Å². The number of carbonyl (C=O) groups excluding carboxylic acids is 5. The highest BCUT2D eigenvalue weighted by Crippen LogP contribution is 2.19. The largest absolute Gasteiger partial charge is 0.445 e. The van der Waals surface area contributed by atoms with Crippen LogP contribution in [0.5, 0.6) is 0 Å². The average molecular weight is 627 g/mol. The Kier molecular flexibility index (Phi) is 12.5. The molecule has 4 N–H and O–H groups in total. The molecule has 4 atom stereocenters. The Balaban J connectivity index is 1.52. The third kappa shape index (κ3) is 10.3. The van der Waals surface area contributed by atoms with Crippen molar-refractivity contribution in [1.82, 2.24) is 21.3 Å². The molecule has 10 nitrogen and oxygen atoms in total. The van der Waals surface area contributed by atoms with Crippen molar-refractivity contribution in [3.8, 4) is 0 Å². The third-order valence-corrected chi connectivity index (χ3v) is 7.82. The molecule has 0 spiro atoms. The Morgan fingerprint density at radius 1 is 0.761 bits per heavy atom. The maximum atomic E-state index is 13.9. The van der Waals surface area contributed by atoms with Crippen LogP contribution in [0.4, 0.5) is 4.79 Å². The van der Waals surface area contributed by atoms with Crippen LogP contribution < -0.4 is 21.3 Å². The summed E-state index contributed by atoms with van der Waals surface area (Å²) in [4.78, 5) is 66.3. The molecule has 0 unspecified atom stereocenters. The van der Waals surface area contributed by atoms with Crippen molar-refractivity contribution in [3.63, 3.8) is 0 Å². The normalized spacial score (nSPS) is 16.1. The number of ether oxygens (including phenoxy) is 1. The first-order chi connectivity index (χ1) is 22.2. The summed E-state index contributed by atoms with van der Waals surface area (Å²) in [5.74, 6) is -1.99. The topological polar surface area (TPSA) is 143 Å². The minimum atomic E-state index is -1.07. The van der Waals surface area contributed by atoms with Gasteiger partial charge in [-0.15, -0.1) is 0 Å². The van der Waals surface area contributed by atoms with E-state index in [1.807, 2.05) is 74.5 Å². The molecule has 3 aromatic carbocycles. The minimum Gasteiger partial charge on any atom is -0.445 e. The lowest BCUT2D eigenvalue weighted by Gasteiger charge is -2.26. The Hall–Kier alpha value is -4.99. The number of rotatable bonds is 15. The van der Waals surface area contributed by atoms with Gasteiger partial charge in [-0.3, -0.25) is 19.2 Å². The van der Waals surface area contributed by atoms with E-state index < -0.39 is 42.0 Å². The van der Waals surface area contributed by atoms with E-state index in [4.69, 9.17) is 4.74 Å². The summed E-state index contributed by atoms with van der Waals surface area (Å²) in [6.45, 7) is 4.39. The van der Waals surface area contributed by atoms with Gasteiger partial charge in [0.2, 0.25) is 17.7 Å². The lowest BCUT2D eigenvalue weighted by molar-refractivity contribution is -0.130. The molecule has 0 aromatic heterocycles. The van der Waals surface area contributed by atoms with Crippen LogP contribution in [0.15, 0.2) is 91.0 Å². The van der Waals surface area contributed by atoms with Crippen LogP contribution in [0.25, 0.3) is 0 Å². The van der Waals surface area contributed by atoms with Crippen molar-refractivity contribution < 1.29 is 28.7 Å². The van der Waals surface area contributed by atoms with E-state index in [0.29, 0.717) is 24.9 Å². The second kappa shape index (κ2) is 16.9. The molecule has 1 aliphatic rings. The lowest BCUT2D eigenvalue weighted by Crippen LogP contribution is -2.57. The standard InChI is InChI=1S/C36H42N4O6/c1-24(2)20-30(40-36(45)46-23-26-14-8-4-9-15-26)34(43)39-31(21-25-12-6-3-7-13-25)35(44)38-29(22-28-18-19-37-33(28)42)32(41)27-16-10-5-11-17-27/h3-17,24,28-31H,18-23H2,1-2H3,(H,37,42)(H,38,44)(H,39,43)(H,40,45)/t28-,29-,30-,31-/m0/s1. The van der Waals surface area contributed by atoms with Crippen LogP contribution in [0.1, 0.15) is 54.6 Å². The number of ketones is 1. The van der Waals surface area contributed by atoms with Crippen LogP contribution in [-0.2, 0) is 32.1 Å². The van der Waals surface area contributed by atoms with Crippen LogP contribution in [0, 0.1) is 11.8 Å². The van der Waals surface area contributed by atoms with Gasteiger partial charge in [0.1, 0.15) is 18.7 Å². The number of amides is 4. The number of alkyl carbamates (subject to hydrolysis) is 1. The van der Waals surface area contributed by atoms with Gasteiger partial charge in [0.25, 0.3) is 0 Å². The molecule has 1 fully saturated rings. The van der Waals surface area contributed by atoms with E-state index in [2.05, 4.69) is 21.3 Å². The predicted octanol–water partition coefficient (Wildman–Crippen LogP) is 3.95. The summed E-state index contributed by atoms with van der Waals surface area (Å²) >= 11 is 0. The van der Waals surface area contributed by atoms with Gasteiger partial charge in [0, 0.05) is 24.4 Å². The Bertz CT molecular complexity index is 1470. The van der Waals surface area contributed by atoms with E-state index in [1.54, 1.807) is 30.3 Å². The molecule has 4 rings (SSSR count). The Morgan fingerprint density at radius 2 is 1.33 bits per heavy atom. The second-order valence-electron chi connectivity index (χ2n) is 11.9. The fourth-order valence-electron chi connectivity index (χ4n) is 5.40. The molecule has 3 aromatic rings. The van der Waals surface area contributed by atoms with E-state index in [1.165, 1.54) is 0 Å². The lowest BCUT2D eigenvalue weighted by atomic mass is 9.92. The molecule has 0 saturated carbocycles. The Labute approximate surface area is 269 Å². The van der Waals surface area contributed by atoms with Gasteiger partial charge in [-0.1, -0.05) is 105 Å². The fourth-order valence-corrected chi connectivity index (χ4v) is 5.40. The highest BCUT2D eigenvalue weighted by Gasteiger charge is 2.34. The predicted molar refractivity (Wildman–Crippen MR) is 174 cm³/mol. The molecular formula is C36H42N4O6.